The normalized spacial score (nSPS) is 21.2. The molecule has 1 aliphatic rings. The molecule has 2 rings (SSSR count). The molecule has 0 aliphatic carbocycles. The second kappa shape index (κ2) is 6.75. The number of nitrogens with zero attached hydrogens (tertiary/aromatic N) is 2. The molecule has 0 amide bonds. The largest absolute Gasteiger partial charge is 0.356 e. The summed E-state index contributed by atoms with van der Waals surface area (Å²) in [6.45, 7) is 4.25. The van der Waals surface area contributed by atoms with Gasteiger partial charge in [-0.2, -0.15) is 11.3 Å². The van der Waals surface area contributed by atoms with E-state index in [0.29, 0.717) is 0 Å². The standard InChI is InChI=1S/C13H22N4S/c1-14-13(16-8-12-4-6-18-10-12)15-7-11-3-5-17(2)9-11/h4,6,10-11H,3,5,7-9H2,1-2H3,(H2,14,15,16). The molecule has 0 aromatic carbocycles. The van der Waals surface area contributed by atoms with Gasteiger partial charge < -0.3 is 15.5 Å². The Labute approximate surface area is 113 Å². The zero-order valence-corrected chi connectivity index (χ0v) is 12.0. The monoisotopic (exact) mass is 266 g/mol. The number of nitrogens with one attached hydrogen (secondary N) is 2. The maximum Gasteiger partial charge on any atom is 0.191 e. The van der Waals surface area contributed by atoms with Crippen LogP contribution in [-0.2, 0) is 6.54 Å². The Morgan fingerprint density at radius 3 is 3.06 bits per heavy atom. The summed E-state index contributed by atoms with van der Waals surface area (Å²) in [6.07, 6.45) is 1.28. The van der Waals surface area contributed by atoms with E-state index in [1.165, 1.54) is 25.1 Å². The Hall–Kier alpha value is -1.07. The molecule has 0 radical (unpaired) electrons. The molecule has 1 aliphatic heterocycles. The SMILES string of the molecule is CN=C(NCc1ccsc1)NCC1CCN(C)C1. The van der Waals surface area contributed by atoms with Crippen LogP contribution in [0.25, 0.3) is 0 Å². The zero-order valence-electron chi connectivity index (χ0n) is 11.1. The molecule has 2 heterocycles. The lowest BCUT2D eigenvalue weighted by molar-refractivity contribution is 0.394. The number of hydrogen-bond donors (Lipinski definition) is 2. The van der Waals surface area contributed by atoms with Gasteiger partial charge in [-0.15, -0.1) is 0 Å². The van der Waals surface area contributed by atoms with Crippen LogP contribution in [0.3, 0.4) is 0 Å². The van der Waals surface area contributed by atoms with Crippen LogP contribution in [0.5, 0.6) is 0 Å². The van der Waals surface area contributed by atoms with Gasteiger partial charge in [-0.25, -0.2) is 0 Å². The smallest absolute Gasteiger partial charge is 0.191 e. The molecular formula is C13H22N4S. The number of guanidine groups is 1. The molecule has 0 bridgehead atoms. The van der Waals surface area contributed by atoms with Crippen LogP contribution in [0.15, 0.2) is 21.8 Å². The van der Waals surface area contributed by atoms with Crippen molar-refractivity contribution in [2.24, 2.45) is 10.9 Å². The summed E-state index contributed by atoms with van der Waals surface area (Å²) in [5.41, 5.74) is 1.31. The van der Waals surface area contributed by atoms with Crippen molar-refractivity contribution < 1.29 is 0 Å². The highest BCUT2D eigenvalue weighted by molar-refractivity contribution is 7.07. The van der Waals surface area contributed by atoms with E-state index in [1.807, 2.05) is 7.05 Å². The number of rotatable bonds is 4. The maximum atomic E-state index is 4.25. The molecule has 1 aromatic heterocycles. The van der Waals surface area contributed by atoms with Crippen LogP contribution in [0.1, 0.15) is 12.0 Å². The van der Waals surface area contributed by atoms with Gasteiger partial charge in [-0.05, 0) is 48.3 Å². The highest BCUT2D eigenvalue weighted by Gasteiger charge is 2.19. The summed E-state index contributed by atoms with van der Waals surface area (Å²) in [7, 11) is 4.01. The van der Waals surface area contributed by atoms with Crippen LogP contribution in [0.4, 0.5) is 0 Å². The minimum Gasteiger partial charge on any atom is -0.356 e. The molecular weight excluding hydrogens is 244 g/mol. The number of thiophene rings is 1. The third-order valence-corrected chi connectivity index (χ3v) is 4.04. The number of hydrogen-bond acceptors (Lipinski definition) is 3. The highest BCUT2D eigenvalue weighted by Crippen LogP contribution is 2.12. The van der Waals surface area contributed by atoms with Gasteiger partial charge in [0.1, 0.15) is 0 Å². The van der Waals surface area contributed by atoms with Crippen LogP contribution in [0, 0.1) is 5.92 Å². The first-order valence-electron chi connectivity index (χ1n) is 6.42. The molecule has 0 saturated carbocycles. The van der Waals surface area contributed by atoms with Crippen LogP contribution >= 0.6 is 11.3 Å². The third kappa shape index (κ3) is 3.99. The molecule has 5 heteroatoms. The fourth-order valence-electron chi connectivity index (χ4n) is 2.23. The summed E-state index contributed by atoms with van der Waals surface area (Å²) in [5, 5.41) is 11.0. The van der Waals surface area contributed by atoms with Crippen molar-refractivity contribution >= 4 is 17.3 Å². The van der Waals surface area contributed by atoms with Gasteiger partial charge in [0.2, 0.25) is 0 Å². The van der Waals surface area contributed by atoms with Gasteiger partial charge in [-0.1, -0.05) is 0 Å². The molecule has 2 N–H and O–H groups in total. The van der Waals surface area contributed by atoms with Crippen molar-refractivity contribution in [2.45, 2.75) is 13.0 Å². The predicted molar refractivity (Wildman–Crippen MR) is 78.1 cm³/mol. The fraction of sp³-hybridized carbons (Fsp3) is 0.615. The van der Waals surface area contributed by atoms with Gasteiger partial charge in [0.05, 0.1) is 0 Å². The quantitative estimate of drug-likeness (QED) is 0.638. The molecule has 4 nitrogen and oxygen atoms in total. The van der Waals surface area contributed by atoms with Crippen molar-refractivity contribution in [1.29, 1.82) is 0 Å². The minimum absolute atomic E-state index is 0.745. The van der Waals surface area contributed by atoms with Gasteiger partial charge in [0.25, 0.3) is 0 Å². The van der Waals surface area contributed by atoms with E-state index in [2.05, 4.69) is 44.4 Å². The molecule has 1 fully saturated rings. The minimum atomic E-state index is 0.745. The Morgan fingerprint density at radius 1 is 1.56 bits per heavy atom. The van der Waals surface area contributed by atoms with E-state index in [4.69, 9.17) is 0 Å². The molecule has 1 atom stereocenters. The van der Waals surface area contributed by atoms with Gasteiger partial charge in [0.15, 0.2) is 5.96 Å². The summed E-state index contributed by atoms with van der Waals surface area (Å²) in [5.74, 6) is 1.64. The van der Waals surface area contributed by atoms with Crippen molar-refractivity contribution in [3.63, 3.8) is 0 Å². The van der Waals surface area contributed by atoms with Crippen molar-refractivity contribution in [2.75, 3.05) is 33.7 Å². The molecule has 1 aromatic rings. The highest BCUT2D eigenvalue weighted by atomic mass is 32.1. The second-order valence-corrected chi connectivity index (χ2v) is 5.64. The maximum absolute atomic E-state index is 4.25. The van der Waals surface area contributed by atoms with Gasteiger partial charge in [0, 0.05) is 26.7 Å². The van der Waals surface area contributed by atoms with Crippen molar-refractivity contribution in [3.05, 3.63) is 22.4 Å². The summed E-state index contributed by atoms with van der Waals surface area (Å²) in [4.78, 5) is 6.63. The van der Waals surface area contributed by atoms with E-state index in [1.54, 1.807) is 11.3 Å². The van der Waals surface area contributed by atoms with E-state index in [9.17, 15) is 0 Å². The average Bonchev–Trinajstić information content (AvgIpc) is 3.01. The molecule has 18 heavy (non-hydrogen) atoms. The van der Waals surface area contributed by atoms with E-state index in [-0.39, 0.29) is 0 Å². The predicted octanol–water partition coefficient (Wildman–Crippen LogP) is 1.36. The topological polar surface area (TPSA) is 39.7 Å². The first kappa shape index (κ1) is 13.4. The molecule has 1 saturated heterocycles. The average molecular weight is 266 g/mol. The van der Waals surface area contributed by atoms with Crippen LogP contribution in [0.2, 0.25) is 0 Å². The summed E-state index contributed by atoms with van der Waals surface area (Å²) in [6, 6.07) is 2.14. The molecule has 1 unspecified atom stereocenters. The van der Waals surface area contributed by atoms with Gasteiger partial charge >= 0.3 is 0 Å². The lowest BCUT2D eigenvalue weighted by Gasteiger charge is -2.15. The number of likely N-dealkylation sites (tertiary alicyclic amines) is 1. The van der Waals surface area contributed by atoms with E-state index < -0.39 is 0 Å². The van der Waals surface area contributed by atoms with E-state index >= 15 is 0 Å². The van der Waals surface area contributed by atoms with Gasteiger partial charge in [-0.3, -0.25) is 4.99 Å². The lowest BCUT2D eigenvalue weighted by atomic mass is 10.1. The molecule has 100 valence electrons. The van der Waals surface area contributed by atoms with E-state index in [0.717, 1.165) is 25.0 Å². The summed E-state index contributed by atoms with van der Waals surface area (Å²) < 4.78 is 0. The second-order valence-electron chi connectivity index (χ2n) is 4.86. The van der Waals surface area contributed by atoms with Crippen LogP contribution < -0.4 is 10.6 Å². The third-order valence-electron chi connectivity index (χ3n) is 3.31. The van der Waals surface area contributed by atoms with Crippen LogP contribution in [-0.4, -0.2) is 44.6 Å². The Bertz CT molecular complexity index is 374. The lowest BCUT2D eigenvalue weighted by Crippen LogP contribution is -2.39. The number of aliphatic imine (C=N–C) groups is 1. The Balaban J connectivity index is 1.69. The first-order valence-corrected chi connectivity index (χ1v) is 7.36. The zero-order chi connectivity index (χ0) is 12.8. The molecule has 0 spiro atoms. The Kier molecular flexibility index (Phi) is 5.01. The fourth-order valence-corrected chi connectivity index (χ4v) is 2.90. The summed E-state index contributed by atoms with van der Waals surface area (Å²) >= 11 is 1.73. The Morgan fingerprint density at radius 2 is 2.44 bits per heavy atom. The first-order chi connectivity index (χ1) is 8.78. The van der Waals surface area contributed by atoms with Crippen molar-refractivity contribution in [3.8, 4) is 0 Å². The van der Waals surface area contributed by atoms with Crippen molar-refractivity contribution in [1.82, 2.24) is 15.5 Å².